The van der Waals surface area contributed by atoms with Crippen molar-refractivity contribution in [3.8, 4) is 5.82 Å². The van der Waals surface area contributed by atoms with Crippen LogP contribution in [0, 0.1) is 6.92 Å². The summed E-state index contributed by atoms with van der Waals surface area (Å²) in [5.41, 5.74) is 1.14. The van der Waals surface area contributed by atoms with E-state index in [1.165, 1.54) is 36.5 Å². The number of nitrogens with one attached hydrogen (secondary N) is 2. The Bertz CT molecular complexity index is 1310. The van der Waals surface area contributed by atoms with E-state index in [0.29, 0.717) is 17.2 Å². The Morgan fingerprint density at radius 3 is 2.45 bits per heavy atom. The SMILES string of the molecule is Cc1ccnc(NS(=O)(=O)c2ccc(NC(=O)c3ccc(-n4ccnc4)nn3)cc2)n1. The zero-order chi connectivity index (χ0) is 21.8. The summed E-state index contributed by atoms with van der Waals surface area (Å²) in [4.78, 5) is 24.2. The maximum absolute atomic E-state index is 12.5. The van der Waals surface area contributed by atoms with Gasteiger partial charge in [-0.15, -0.1) is 10.2 Å². The van der Waals surface area contributed by atoms with Crippen LogP contribution in [-0.2, 0) is 10.0 Å². The molecular formula is C19H16N8O3S. The van der Waals surface area contributed by atoms with Gasteiger partial charge in [0, 0.05) is 30.0 Å². The third kappa shape index (κ3) is 4.70. The Hall–Kier alpha value is -4.19. The maximum Gasteiger partial charge on any atom is 0.276 e. The average Bonchev–Trinajstić information content (AvgIpc) is 3.29. The zero-order valence-corrected chi connectivity index (χ0v) is 17.0. The number of aromatic nitrogens is 6. The van der Waals surface area contributed by atoms with Crippen LogP contribution in [-0.4, -0.2) is 44.0 Å². The fourth-order valence-electron chi connectivity index (χ4n) is 2.57. The minimum atomic E-state index is -3.87. The molecule has 4 rings (SSSR count). The van der Waals surface area contributed by atoms with Crippen LogP contribution in [0.2, 0.25) is 0 Å². The van der Waals surface area contributed by atoms with Gasteiger partial charge >= 0.3 is 0 Å². The molecule has 0 fully saturated rings. The first-order valence-electron chi connectivity index (χ1n) is 8.97. The molecule has 2 N–H and O–H groups in total. The molecular weight excluding hydrogens is 420 g/mol. The quantitative estimate of drug-likeness (QED) is 0.465. The van der Waals surface area contributed by atoms with Crippen LogP contribution in [0.4, 0.5) is 11.6 Å². The largest absolute Gasteiger partial charge is 0.321 e. The topological polar surface area (TPSA) is 145 Å². The summed E-state index contributed by atoms with van der Waals surface area (Å²) >= 11 is 0. The van der Waals surface area contributed by atoms with E-state index in [1.54, 1.807) is 42.3 Å². The van der Waals surface area contributed by atoms with Crippen LogP contribution in [0.15, 0.2) is 72.3 Å². The number of imidazole rings is 1. The number of anilines is 2. The van der Waals surface area contributed by atoms with Crippen LogP contribution in [0.25, 0.3) is 5.82 Å². The Kier molecular flexibility index (Phi) is 5.37. The molecule has 0 spiro atoms. The smallest absolute Gasteiger partial charge is 0.276 e. The van der Waals surface area contributed by atoms with Gasteiger partial charge in [0.2, 0.25) is 5.95 Å². The number of benzene rings is 1. The number of sulfonamides is 1. The molecule has 31 heavy (non-hydrogen) atoms. The van der Waals surface area contributed by atoms with Crippen molar-refractivity contribution in [2.24, 2.45) is 0 Å². The number of nitrogens with zero attached hydrogens (tertiary/aromatic N) is 6. The van der Waals surface area contributed by atoms with Crippen molar-refractivity contribution >= 4 is 27.6 Å². The summed E-state index contributed by atoms with van der Waals surface area (Å²) < 4.78 is 29.0. The molecule has 0 aliphatic rings. The molecule has 12 heteroatoms. The number of hydrogen-bond acceptors (Lipinski definition) is 8. The molecule has 0 bridgehead atoms. The van der Waals surface area contributed by atoms with Gasteiger partial charge in [0.1, 0.15) is 6.33 Å². The van der Waals surface area contributed by atoms with Gasteiger partial charge in [0.05, 0.1) is 4.90 Å². The molecule has 4 aromatic rings. The highest BCUT2D eigenvalue weighted by Crippen LogP contribution is 2.17. The van der Waals surface area contributed by atoms with Crippen molar-refractivity contribution in [1.82, 2.24) is 29.7 Å². The van der Waals surface area contributed by atoms with Gasteiger partial charge in [-0.05, 0) is 49.4 Å². The molecule has 11 nitrogen and oxygen atoms in total. The lowest BCUT2D eigenvalue weighted by Gasteiger charge is -2.09. The van der Waals surface area contributed by atoms with E-state index in [4.69, 9.17) is 0 Å². The standard InChI is InChI=1S/C19H16N8O3S/c1-13-8-9-21-19(22-13)26-31(29,30)15-4-2-14(3-5-15)23-18(28)16-6-7-17(25-24-16)27-11-10-20-12-27/h2-12H,1H3,(H,23,28)(H,21,22,26). The second-order valence-corrected chi connectivity index (χ2v) is 8.03. The van der Waals surface area contributed by atoms with Gasteiger partial charge < -0.3 is 5.32 Å². The number of rotatable bonds is 6. The average molecular weight is 436 g/mol. The predicted molar refractivity (Wildman–Crippen MR) is 111 cm³/mol. The molecule has 0 aliphatic heterocycles. The second-order valence-electron chi connectivity index (χ2n) is 6.35. The molecule has 0 radical (unpaired) electrons. The lowest BCUT2D eigenvalue weighted by Crippen LogP contribution is -2.16. The normalized spacial score (nSPS) is 11.1. The van der Waals surface area contributed by atoms with E-state index < -0.39 is 15.9 Å². The summed E-state index contributed by atoms with van der Waals surface area (Å²) in [5.74, 6) is 0.0235. The molecule has 0 unspecified atom stereocenters. The molecule has 3 aromatic heterocycles. The van der Waals surface area contributed by atoms with E-state index in [9.17, 15) is 13.2 Å². The summed E-state index contributed by atoms with van der Waals surface area (Å²) in [6.45, 7) is 1.73. The second kappa shape index (κ2) is 8.28. The lowest BCUT2D eigenvalue weighted by molar-refractivity contribution is 0.102. The monoisotopic (exact) mass is 436 g/mol. The van der Waals surface area contributed by atoms with Crippen LogP contribution < -0.4 is 10.0 Å². The Morgan fingerprint density at radius 2 is 1.81 bits per heavy atom. The molecule has 3 heterocycles. The fraction of sp³-hybridized carbons (Fsp3) is 0.0526. The number of hydrogen-bond donors (Lipinski definition) is 2. The molecule has 1 amide bonds. The minimum Gasteiger partial charge on any atom is -0.321 e. The van der Waals surface area contributed by atoms with Crippen molar-refractivity contribution < 1.29 is 13.2 Å². The van der Waals surface area contributed by atoms with Crippen LogP contribution >= 0.6 is 0 Å². The third-order valence-electron chi connectivity index (χ3n) is 4.09. The summed E-state index contributed by atoms with van der Waals surface area (Å²) in [6.07, 6.45) is 6.35. The molecule has 0 saturated heterocycles. The highest BCUT2D eigenvalue weighted by atomic mass is 32.2. The molecule has 1 aromatic carbocycles. The maximum atomic E-state index is 12.5. The minimum absolute atomic E-state index is 0.0000757. The number of amides is 1. The first kappa shape index (κ1) is 20.1. The van der Waals surface area contributed by atoms with Crippen molar-refractivity contribution in [1.29, 1.82) is 0 Å². The predicted octanol–water partition coefficient (Wildman–Crippen LogP) is 1.81. The number of carbonyl (C=O) groups excluding carboxylic acids is 1. The van der Waals surface area contributed by atoms with E-state index in [2.05, 4.69) is 35.2 Å². The van der Waals surface area contributed by atoms with E-state index >= 15 is 0 Å². The van der Waals surface area contributed by atoms with Crippen molar-refractivity contribution in [2.45, 2.75) is 11.8 Å². The Morgan fingerprint density at radius 1 is 1.00 bits per heavy atom. The van der Waals surface area contributed by atoms with Crippen LogP contribution in [0.3, 0.4) is 0 Å². The third-order valence-corrected chi connectivity index (χ3v) is 5.44. The Balaban J connectivity index is 1.43. The van der Waals surface area contributed by atoms with E-state index in [-0.39, 0.29) is 16.5 Å². The number of carbonyl (C=O) groups is 1. The van der Waals surface area contributed by atoms with Crippen LogP contribution in [0.5, 0.6) is 0 Å². The first-order valence-corrected chi connectivity index (χ1v) is 10.4. The van der Waals surface area contributed by atoms with Gasteiger partial charge in [-0.2, -0.15) is 0 Å². The van der Waals surface area contributed by atoms with Crippen molar-refractivity contribution in [3.05, 3.63) is 78.8 Å². The van der Waals surface area contributed by atoms with E-state index in [0.717, 1.165) is 0 Å². The van der Waals surface area contributed by atoms with Gasteiger partial charge in [-0.3, -0.25) is 9.36 Å². The lowest BCUT2D eigenvalue weighted by atomic mass is 10.3. The Labute approximate surface area is 177 Å². The summed E-state index contributed by atoms with van der Waals surface area (Å²) in [6, 6.07) is 10.5. The van der Waals surface area contributed by atoms with Crippen molar-refractivity contribution in [2.75, 3.05) is 10.0 Å². The summed E-state index contributed by atoms with van der Waals surface area (Å²) in [7, 11) is -3.87. The van der Waals surface area contributed by atoms with Gasteiger partial charge in [-0.1, -0.05) is 0 Å². The molecule has 0 saturated carbocycles. The number of aryl methyl sites for hydroxylation is 1. The van der Waals surface area contributed by atoms with Crippen molar-refractivity contribution in [3.63, 3.8) is 0 Å². The fourth-order valence-corrected chi connectivity index (χ4v) is 3.52. The molecule has 0 atom stereocenters. The first-order chi connectivity index (χ1) is 14.9. The molecule has 0 aliphatic carbocycles. The zero-order valence-electron chi connectivity index (χ0n) is 16.2. The summed E-state index contributed by atoms with van der Waals surface area (Å²) in [5, 5.41) is 10.5. The van der Waals surface area contributed by atoms with E-state index in [1.807, 2.05) is 0 Å². The van der Waals surface area contributed by atoms with Gasteiger partial charge in [0.15, 0.2) is 11.5 Å². The van der Waals surface area contributed by atoms with Gasteiger partial charge in [0.25, 0.3) is 15.9 Å². The highest BCUT2D eigenvalue weighted by Gasteiger charge is 2.16. The highest BCUT2D eigenvalue weighted by molar-refractivity contribution is 7.92. The molecule has 156 valence electrons. The van der Waals surface area contributed by atoms with Gasteiger partial charge in [-0.25, -0.2) is 28.1 Å². The van der Waals surface area contributed by atoms with Crippen LogP contribution in [0.1, 0.15) is 16.2 Å².